The molecule has 0 aliphatic carbocycles. The van der Waals surface area contributed by atoms with E-state index in [-0.39, 0.29) is 17.2 Å². The second-order valence-electron chi connectivity index (χ2n) is 5.55. The van der Waals surface area contributed by atoms with Gasteiger partial charge in [0.15, 0.2) is 5.16 Å². The lowest BCUT2D eigenvalue weighted by atomic mass is 10.1. The van der Waals surface area contributed by atoms with Gasteiger partial charge >= 0.3 is 0 Å². The number of thioether (sulfide) groups is 1. The molecule has 1 amide bonds. The van der Waals surface area contributed by atoms with Crippen molar-refractivity contribution in [1.82, 2.24) is 9.55 Å². The molecule has 0 saturated heterocycles. The van der Waals surface area contributed by atoms with Crippen LogP contribution in [-0.2, 0) is 11.8 Å². The van der Waals surface area contributed by atoms with E-state index in [0.29, 0.717) is 15.4 Å². The molecule has 0 saturated carbocycles. The second kappa shape index (κ2) is 6.78. The lowest BCUT2D eigenvalue weighted by molar-refractivity contribution is -0.113. The average Bonchev–Trinajstić information content (AvgIpc) is 3.01. The molecule has 0 fully saturated rings. The van der Waals surface area contributed by atoms with Gasteiger partial charge in [-0.1, -0.05) is 29.5 Å². The van der Waals surface area contributed by atoms with Crippen molar-refractivity contribution in [3.05, 3.63) is 51.1 Å². The lowest BCUT2D eigenvalue weighted by Gasteiger charge is -2.10. The molecular formula is C17H17N3O2S2. The largest absolute Gasteiger partial charge is 0.325 e. The van der Waals surface area contributed by atoms with Crippen molar-refractivity contribution in [2.75, 3.05) is 11.1 Å². The first-order valence-electron chi connectivity index (χ1n) is 7.40. The number of benzene rings is 1. The molecule has 7 heteroatoms. The summed E-state index contributed by atoms with van der Waals surface area (Å²) in [4.78, 5) is 29.6. The van der Waals surface area contributed by atoms with Crippen molar-refractivity contribution in [2.45, 2.75) is 19.0 Å². The molecule has 0 spiro atoms. The van der Waals surface area contributed by atoms with Crippen LogP contribution < -0.4 is 10.9 Å². The van der Waals surface area contributed by atoms with E-state index in [2.05, 4.69) is 10.3 Å². The Morgan fingerprint density at radius 1 is 1.33 bits per heavy atom. The van der Waals surface area contributed by atoms with Crippen LogP contribution in [0.15, 0.2) is 39.6 Å². The maximum atomic E-state index is 12.2. The molecule has 24 heavy (non-hydrogen) atoms. The van der Waals surface area contributed by atoms with Gasteiger partial charge in [-0.25, -0.2) is 4.98 Å². The van der Waals surface area contributed by atoms with E-state index in [1.165, 1.54) is 27.7 Å². The molecule has 0 atom stereocenters. The summed E-state index contributed by atoms with van der Waals surface area (Å²) in [6, 6.07) is 7.67. The fourth-order valence-electron chi connectivity index (χ4n) is 2.38. The van der Waals surface area contributed by atoms with Gasteiger partial charge in [0.2, 0.25) is 5.91 Å². The molecule has 5 nitrogen and oxygen atoms in total. The minimum atomic E-state index is -0.118. The number of fused-ring (bicyclic) bond motifs is 1. The minimum absolute atomic E-state index is 0.0847. The summed E-state index contributed by atoms with van der Waals surface area (Å²) < 4.78 is 1.49. The van der Waals surface area contributed by atoms with E-state index in [9.17, 15) is 9.59 Å². The van der Waals surface area contributed by atoms with Crippen LogP contribution in [0.4, 0.5) is 5.69 Å². The highest BCUT2D eigenvalue weighted by molar-refractivity contribution is 7.99. The maximum absolute atomic E-state index is 12.2. The van der Waals surface area contributed by atoms with Gasteiger partial charge in [0.1, 0.15) is 4.83 Å². The fraction of sp³-hybridized carbons (Fsp3) is 0.235. The first-order valence-corrected chi connectivity index (χ1v) is 9.26. The van der Waals surface area contributed by atoms with Crippen LogP contribution in [-0.4, -0.2) is 21.2 Å². The Hall–Kier alpha value is -2.12. The SMILES string of the molecule is Cc1ccc(NC(=O)CSc2nc3sccc3c(=O)n2C)c(C)c1. The number of carbonyl (C=O) groups is 1. The van der Waals surface area contributed by atoms with Crippen LogP contribution in [0.5, 0.6) is 0 Å². The standard InChI is InChI=1S/C17H17N3O2S2/c1-10-4-5-13(11(2)8-10)18-14(21)9-24-17-19-15-12(6-7-23-15)16(22)20(17)3/h4-8H,9H2,1-3H3,(H,18,21). The van der Waals surface area contributed by atoms with Gasteiger partial charge in [-0.2, -0.15) is 0 Å². The number of anilines is 1. The summed E-state index contributed by atoms with van der Waals surface area (Å²) in [6.07, 6.45) is 0. The van der Waals surface area contributed by atoms with Gasteiger partial charge in [-0.05, 0) is 36.9 Å². The zero-order chi connectivity index (χ0) is 17.3. The van der Waals surface area contributed by atoms with Crippen molar-refractivity contribution >= 4 is 44.9 Å². The fourth-order valence-corrected chi connectivity index (χ4v) is 3.96. The predicted molar refractivity (Wildman–Crippen MR) is 100 cm³/mol. The summed E-state index contributed by atoms with van der Waals surface area (Å²) >= 11 is 2.69. The topological polar surface area (TPSA) is 64.0 Å². The Labute approximate surface area is 147 Å². The van der Waals surface area contributed by atoms with E-state index >= 15 is 0 Å². The third-order valence-electron chi connectivity index (χ3n) is 3.65. The molecule has 2 aromatic heterocycles. The number of aromatic nitrogens is 2. The van der Waals surface area contributed by atoms with Crippen molar-refractivity contribution in [3.8, 4) is 0 Å². The number of carbonyl (C=O) groups excluding carboxylic acids is 1. The van der Waals surface area contributed by atoms with Crippen LogP contribution in [0.3, 0.4) is 0 Å². The van der Waals surface area contributed by atoms with E-state index in [4.69, 9.17) is 0 Å². The molecule has 1 aromatic carbocycles. The van der Waals surface area contributed by atoms with Crippen LogP contribution in [0, 0.1) is 13.8 Å². The number of nitrogens with one attached hydrogen (secondary N) is 1. The molecule has 3 rings (SSSR count). The highest BCUT2D eigenvalue weighted by atomic mass is 32.2. The molecule has 0 aliphatic heterocycles. The van der Waals surface area contributed by atoms with Crippen LogP contribution >= 0.6 is 23.1 Å². The number of aryl methyl sites for hydroxylation is 2. The second-order valence-corrected chi connectivity index (χ2v) is 7.39. The Kier molecular flexibility index (Phi) is 4.73. The number of nitrogens with zero attached hydrogens (tertiary/aromatic N) is 2. The zero-order valence-electron chi connectivity index (χ0n) is 13.6. The predicted octanol–water partition coefficient (Wildman–Crippen LogP) is 3.34. The third kappa shape index (κ3) is 3.37. The Balaban J connectivity index is 1.72. The van der Waals surface area contributed by atoms with E-state index in [1.807, 2.05) is 37.4 Å². The van der Waals surface area contributed by atoms with Crippen molar-refractivity contribution in [2.24, 2.45) is 7.05 Å². The average molecular weight is 359 g/mol. The molecule has 124 valence electrons. The molecule has 0 radical (unpaired) electrons. The van der Waals surface area contributed by atoms with E-state index in [1.54, 1.807) is 13.1 Å². The Morgan fingerprint density at radius 2 is 2.12 bits per heavy atom. The summed E-state index contributed by atoms with van der Waals surface area (Å²) in [5.74, 6) is 0.0808. The third-order valence-corrected chi connectivity index (χ3v) is 5.49. The summed E-state index contributed by atoms with van der Waals surface area (Å²) in [6.45, 7) is 3.98. The number of thiophene rings is 1. The molecular weight excluding hydrogens is 342 g/mol. The smallest absolute Gasteiger partial charge is 0.262 e. The first kappa shape index (κ1) is 16.7. The van der Waals surface area contributed by atoms with Crippen molar-refractivity contribution in [3.63, 3.8) is 0 Å². The zero-order valence-corrected chi connectivity index (χ0v) is 15.3. The van der Waals surface area contributed by atoms with Gasteiger partial charge < -0.3 is 5.32 Å². The Morgan fingerprint density at radius 3 is 2.88 bits per heavy atom. The summed E-state index contributed by atoms with van der Waals surface area (Å²) in [5.41, 5.74) is 2.91. The summed E-state index contributed by atoms with van der Waals surface area (Å²) in [5, 5.41) is 5.91. The van der Waals surface area contributed by atoms with E-state index < -0.39 is 0 Å². The first-order chi connectivity index (χ1) is 11.5. The van der Waals surface area contributed by atoms with Gasteiger partial charge in [-0.15, -0.1) is 11.3 Å². The van der Waals surface area contributed by atoms with Crippen LogP contribution in [0.1, 0.15) is 11.1 Å². The minimum Gasteiger partial charge on any atom is -0.325 e. The Bertz CT molecular complexity index is 976. The highest BCUT2D eigenvalue weighted by Gasteiger charge is 2.12. The number of rotatable bonds is 4. The number of hydrogen-bond acceptors (Lipinski definition) is 5. The molecule has 0 bridgehead atoms. The number of hydrogen-bond donors (Lipinski definition) is 1. The molecule has 0 unspecified atom stereocenters. The lowest BCUT2D eigenvalue weighted by Crippen LogP contribution is -2.21. The van der Waals surface area contributed by atoms with Gasteiger partial charge in [0.05, 0.1) is 11.1 Å². The highest BCUT2D eigenvalue weighted by Crippen LogP contribution is 2.21. The molecule has 1 N–H and O–H groups in total. The van der Waals surface area contributed by atoms with Gasteiger partial charge in [0.25, 0.3) is 5.56 Å². The monoisotopic (exact) mass is 359 g/mol. The van der Waals surface area contributed by atoms with Crippen LogP contribution in [0.2, 0.25) is 0 Å². The van der Waals surface area contributed by atoms with Crippen molar-refractivity contribution in [1.29, 1.82) is 0 Å². The van der Waals surface area contributed by atoms with Crippen LogP contribution in [0.25, 0.3) is 10.2 Å². The van der Waals surface area contributed by atoms with Gasteiger partial charge in [0, 0.05) is 12.7 Å². The van der Waals surface area contributed by atoms with Crippen molar-refractivity contribution < 1.29 is 4.79 Å². The van der Waals surface area contributed by atoms with Gasteiger partial charge in [-0.3, -0.25) is 14.2 Å². The van der Waals surface area contributed by atoms with E-state index in [0.717, 1.165) is 16.8 Å². The summed E-state index contributed by atoms with van der Waals surface area (Å²) in [7, 11) is 1.68. The molecule has 0 aliphatic rings. The normalized spacial score (nSPS) is 11.0. The molecule has 3 aromatic rings. The quantitative estimate of drug-likeness (QED) is 0.573. The maximum Gasteiger partial charge on any atom is 0.262 e. The molecule has 2 heterocycles. The number of amides is 1.